The molecule has 0 bridgehead atoms. The predicted octanol–water partition coefficient (Wildman–Crippen LogP) is 6.27. The van der Waals surface area contributed by atoms with E-state index in [-0.39, 0.29) is 6.04 Å². The second kappa shape index (κ2) is 9.43. The van der Waals surface area contributed by atoms with Crippen LogP contribution in [0.4, 0.5) is 0 Å². The zero-order valence-corrected chi connectivity index (χ0v) is 20.6. The molecule has 5 rings (SSSR count). The minimum Gasteiger partial charge on any atom is -0.493 e. The summed E-state index contributed by atoms with van der Waals surface area (Å²) in [6.45, 7) is 4.17. The molecule has 0 aromatic heterocycles. The number of hydrazone groups is 1. The van der Waals surface area contributed by atoms with E-state index in [1.807, 2.05) is 59.6 Å². The van der Waals surface area contributed by atoms with E-state index in [1.54, 1.807) is 20.3 Å². The smallest absolute Gasteiger partial charge is 0.214 e. The zero-order chi connectivity index (χ0) is 23.7. The second-order valence-electron chi connectivity index (χ2n) is 8.04. The Balaban J connectivity index is 1.53. The van der Waals surface area contributed by atoms with Crippen LogP contribution in [0.3, 0.4) is 0 Å². The van der Waals surface area contributed by atoms with E-state index < -0.39 is 6.23 Å². The molecule has 0 amide bonds. The van der Waals surface area contributed by atoms with Crippen molar-refractivity contribution in [3.8, 4) is 23.0 Å². The molecule has 0 saturated carbocycles. The van der Waals surface area contributed by atoms with Gasteiger partial charge in [-0.3, -0.25) is 0 Å². The fourth-order valence-electron chi connectivity index (χ4n) is 4.36. The lowest BCUT2D eigenvalue weighted by Crippen LogP contribution is -2.33. The van der Waals surface area contributed by atoms with Crippen molar-refractivity contribution >= 4 is 21.6 Å². The van der Waals surface area contributed by atoms with Gasteiger partial charge < -0.3 is 18.9 Å². The molecule has 2 heterocycles. The Bertz CT molecular complexity index is 1240. The first-order valence-corrected chi connectivity index (χ1v) is 11.8. The van der Waals surface area contributed by atoms with E-state index in [4.69, 9.17) is 24.0 Å². The van der Waals surface area contributed by atoms with Crippen LogP contribution in [-0.4, -0.2) is 31.5 Å². The first-order valence-electron chi connectivity index (χ1n) is 11.0. The van der Waals surface area contributed by atoms with Crippen molar-refractivity contribution in [2.45, 2.75) is 18.7 Å². The summed E-state index contributed by atoms with van der Waals surface area (Å²) < 4.78 is 24.1. The Hall–Kier alpha value is -3.45. The van der Waals surface area contributed by atoms with Crippen LogP contribution in [0, 0.1) is 0 Å². The largest absolute Gasteiger partial charge is 0.493 e. The second-order valence-corrected chi connectivity index (χ2v) is 8.95. The number of ether oxygens (including phenoxy) is 4. The van der Waals surface area contributed by atoms with Gasteiger partial charge in [-0.2, -0.15) is 5.10 Å². The highest BCUT2D eigenvalue weighted by Crippen LogP contribution is 2.49. The molecule has 0 radical (unpaired) electrons. The Morgan fingerprint density at radius 3 is 2.59 bits per heavy atom. The van der Waals surface area contributed by atoms with Crippen LogP contribution >= 0.6 is 15.9 Å². The molecule has 0 saturated heterocycles. The number of nitrogens with zero attached hydrogens (tertiary/aromatic N) is 2. The van der Waals surface area contributed by atoms with E-state index in [1.165, 1.54) is 0 Å². The molecule has 2 aliphatic heterocycles. The summed E-state index contributed by atoms with van der Waals surface area (Å²) in [6.07, 6.45) is 2.10. The molecule has 0 unspecified atom stereocenters. The molecule has 6 nitrogen and oxygen atoms in total. The van der Waals surface area contributed by atoms with Crippen LogP contribution in [0.25, 0.3) is 0 Å². The molecule has 3 aromatic rings. The van der Waals surface area contributed by atoms with Crippen molar-refractivity contribution in [3.63, 3.8) is 0 Å². The van der Waals surface area contributed by atoms with Crippen LogP contribution in [0.2, 0.25) is 0 Å². The lowest BCUT2D eigenvalue weighted by atomic mass is 9.96. The number of hydrogen-bond acceptors (Lipinski definition) is 6. The molecule has 2 aliphatic rings. The van der Waals surface area contributed by atoms with Gasteiger partial charge in [0.15, 0.2) is 11.5 Å². The summed E-state index contributed by atoms with van der Waals surface area (Å²) in [6, 6.07) is 20.0. The highest BCUT2D eigenvalue weighted by Gasteiger charge is 2.41. The normalized spacial score (nSPS) is 18.3. The van der Waals surface area contributed by atoms with Crippen molar-refractivity contribution in [2.75, 3.05) is 20.8 Å². The summed E-state index contributed by atoms with van der Waals surface area (Å²) in [5.41, 5.74) is 4.11. The Morgan fingerprint density at radius 2 is 1.85 bits per heavy atom. The molecule has 174 valence electrons. The van der Waals surface area contributed by atoms with Gasteiger partial charge in [-0.15, -0.1) is 0 Å². The molecular formula is C27H25BrN2O4. The van der Waals surface area contributed by atoms with Crippen molar-refractivity contribution in [1.29, 1.82) is 0 Å². The van der Waals surface area contributed by atoms with Gasteiger partial charge in [-0.25, -0.2) is 5.01 Å². The van der Waals surface area contributed by atoms with Crippen LogP contribution < -0.4 is 18.9 Å². The van der Waals surface area contributed by atoms with Gasteiger partial charge in [0, 0.05) is 22.0 Å². The van der Waals surface area contributed by atoms with Crippen LogP contribution in [-0.2, 0) is 0 Å². The quantitative estimate of drug-likeness (QED) is 0.343. The third kappa shape index (κ3) is 4.12. The van der Waals surface area contributed by atoms with Crippen LogP contribution in [0.5, 0.6) is 23.0 Å². The lowest BCUT2D eigenvalue weighted by molar-refractivity contribution is -0.0192. The number of fused-ring (bicyclic) bond motifs is 3. The summed E-state index contributed by atoms with van der Waals surface area (Å²) in [4.78, 5) is 0. The van der Waals surface area contributed by atoms with E-state index in [0.29, 0.717) is 18.1 Å². The molecular weight excluding hydrogens is 496 g/mol. The molecule has 0 aliphatic carbocycles. The Labute approximate surface area is 207 Å². The maximum absolute atomic E-state index is 6.48. The van der Waals surface area contributed by atoms with Crippen molar-refractivity contribution in [2.24, 2.45) is 5.10 Å². The number of benzene rings is 3. The average Bonchev–Trinajstić information content (AvgIpc) is 3.33. The molecule has 7 heteroatoms. The van der Waals surface area contributed by atoms with E-state index in [2.05, 4.69) is 28.6 Å². The van der Waals surface area contributed by atoms with E-state index in [9.17, 15) is 0 Å². The van der Waals surface area contributed by atoms with Gasteiger partial charge in [-0.05, 0) is 66.2 Å². The third-order valence-electron chi connectivity index (χ3n) is 6.00. The number of methoxy groups -OCH3 is 2. The summed E-state index contributed by atoms with van der Waals surface area (Å²) in [5.74, 6) is 2.99. The summed E-state index contributed by atoms with van der Waals surface area (Å²) in [7, 11) is 3.26. The fourth-order valence-corrected chi connectivity index (χ4v) is 4.74. The molecule has 2 atom stereocenters. The van der Waals surface area contributed by atoms with Crippen molar-refractivity contribution in [1.82, 2.24) is 5.01 Å². The van der Waals surface area contributed by atoms with E-state index in [0.717, 1.165) is 44.8 Å². The molecule has 3 aromatic carbocycles. The maximum Gasteiger partial charge on any atom is 0.214 e. The minimum atomic E-state index is -0.397. The predicted molar refractivity (Wildman–Crippen MR) is 135 cm³/mol. The van der Waals surface area contributed by atoms with Crippen LogP contribution in [0.1, 0.15) is 35.4 Å². The summed E-state index contributed by atoms with van der Waals surface area (Å²) >= 11 is 3.61. The van der Waals surface area contributed by atoms with Crippen LogP contribution in [0.15, 0.2) is 82.9 Å². The molecule has 34 heavy (non-hydrogen) atoms. The number of hydrogen-bond donors (Lipinski definition) is 0. The van der Waals surface area contributed by atoms with Gasteiger partial charge in [0.25, 0.3) is 0 Å². The van der Waals surface area contributed by atoms with Gasteiger partial charge >= 0.3 is 0 Å². The fraction of sp³-hybridized carbons (Fsp3) is 0.222. The van der Waals surface area contributed by atoms with Gasteiger partial charge in [0.05, 0.1) is 26.0 Å². The maximum atomic E-state index is 6.48. The number of halogens is 1. The topological polar surface area (TPSA) is 52.5 Å². The van der Waals surface area contributed by atoms with Crippen molar-refractivity contribution < 1.29 is 18.9 Å². The average molecular weight is 521 g/mol. The summed E-state index contributed by atoms with van der Waals surface area (Å²) in [5, 5.41) is 7.09. The molecule has 0 N–H and O–H groups in total. The Kier molecular flexibility index (Phi) is 6.20. The van der Waals surface area contributed by atoms with Crippen molar-refractivity contribution in [3.05, 3.63) is 94.5 Å². The van der Waals surface area contributed by atoms with Gasteiger partial charge in [-0.1, -0.05) is 28.6 Å². The zero-order valence-electron chi connectivity index (χ0n) is 19.0. The standard InChI is InChI=1S/C27H25BrN2O4/c1-4-13-33-20-9-5-17(6-10-20)22-16-23-21-15-19(28)8-12-24(21)34-27(30(23)29-22)18-7-11-25(31-2)26(14-18)32-3/h4-12,14-15,23,27H,1,13,16H2,2-3H3/t23-,27-/m1/s1. The molecule has 0 fully saturated rings. The monoisotopic (exact) mass is 520 g/mol. The number of rotatable bonds is 7. The molecule has 0 spiro atoms. The van der Waals surface area contributed by atoms with Gasteiger partial charge in [0.2, 0.25) is 6.23 Å². The third-order valence-corrected chi connectivity index (χ3v) is 6.49. The minimum absolute atomic E-state index is 0.0473. The van der Waals surface area contributed by atoms with Gasteiger partial charge in [0.1, 0.15) is 18.1 Å². The first kappa shape index (κ1) is 22.3. The highest BCUT2D eigenvalue weighted by atomic mass is 79.9. The lowest BCUT2D eigenvalue weighted by Gasteiger charge is -2.38. The van der Waals surface area contributed by atoms with E-state index >= 15 is 0 Å². The highest BCUT2D eigenvalue weighted by molar-refractivity contribution is 9.10. The Morgan fingerprint density at radius 1 is 1.06 bits per heavy atom. The SMILES string of the molecule is C=CCOc1ccc(C2=NN3[C@H](C2)c2cc(Br)ccc2O[C@@H]3c2ccc(OC)c(OC)c2)cc1. The first-order chi connectivity index (χ1) is 16.6.